The quantitative estimate of drug-likeness (QED) is 0.666. The molecular formula is C16H11N3O. The molecule has 96 valence electrons. The Morgan fingerprint density at radius 3 is 2.80 bits per heavy atom. The number of Topliss-reactive ketones (excluding diaryl/α,β-unsaturated/α-hetero) is 1. The van der Waals surface area contributed by atoms with Crippen LogP contribution in [0.3, 0.4) is 0 Å². The Balaban J connectivity index is 2.33. The van der Waals surface area contributed by atoms with Gasteiger partial charge in [-0.2, -0.15) is 5.26 Å². The summed E-state index contributed by atoms with van der Waals surface area (Å²) in [5.41, 5.74) is 3.54. The highest BCUT2D eigenvalue weighted by Gasteiger charge is 2.12. The molecule has 0 unspecified atom stereocenters. The maximum atomic E-state index is 11.8. The number of aromatic nitrogens is 2. The van der Waals surface area contributed by atoms with Crippen molar-refractivity contribution >= 4 is 16.8 Å². The van der Waals surface area contributed by atoms with E-state index in [-0.39, 0.29) is 5.78 Å². The van der Waals surface area contributed by atoms with Gasteiger partial charge >= 0.3 is 0 Å². The van der Waals surface area contributed by atoms with Gasteiger partial charge in [-0.1, -0.05) is 12.1 Å². The Bertz CT molecular complexity index is 856. The van der Waals surface area contributed by atoms with Gasteiger partial charge in [-0.3, -0.25) is 9.36 Å². The third-order valence-electron chi connectivity index (χ3n) is 3.22. The number of para-hydroxylation sites is 2. The number of carbonyl (C=O) groups is 1. The van der Waals surface area contributed by atoms with E-state index in [1.807, 2.05) is 28.8 Å². The highest BCUT2D eigenvalue weighted by molar-refractivity contribution is 5.98. The molecule has 2 aromatic carbocycles. The number of hydrogen-bond donors (Lipinski definition) is 0. The molecule has 20 heavy (non-hydrogen) atoms. The van der Waals surface area contributed by atoms with Gasteiger partial charge in [0.1, 0.15) is 6.33 Å². The summed E-state index contributed by atoms with van der Waals surface area (Å²) >= 11 is 0. The summed E-state index contributed by atoms with van der Waals surface area (Å²) in [7, 11) is 0. The summed E-state index contributed by atoms with van der Waals surface area (Å²) in [6.07, 6.45) is 1.67. The summed E-state index contributed by atoms with van der Waals surface area (Å²) in [6, 6.07) is 14.8. The number of nitrogens with zero attached hydrogens (tertiary/aromatic N) is 3. The average Bonchev–Trinajstić information content (AvgIpc) is 2.90. The Hall–Kier alpha value is -2.93. The first kappa shape index (κ1) is 12.1. The third-order valence-corrected chi connectivity index (χ3v) is 3.22. The van der Waals surface area contributed by atoms with Gasteiger partial charge in [0.2, 0.25) is 0 Å². The van der Waals surface area contributed by atoms with E-state index in [9.17, 15) is 4.79 Å². The van der Waals surface area contributed by atoms with E-state index in [1.54, 1.807) is 24.5 Å². The van der Waals surface area contributed by atoms with Gasteiger partial charge in [-0.15, -0.1) is 0 Å². The molecule has 4 nitrogen and oxygen atoms in total. The van der Waals surface area contributed by atoms with E-state index in [4.69, 9.17) is 5.26 Å². The molecule has 1 heterocycles. The molecule has 0 aliphatic carbocycles. The second-order valence-electron chi connectivity index (χ2n) is 4.50. The van der Waals surface area contributed by atoms with E-state index >= 15 is 0 Å². The number of rotatable bonds is 2. The normalized spacial score (nSPS) is 10.4. The summed E-state index contributed by atoms with van der Waals surface area (Å²) in [5, 5.41) is 9.04. The largest absolute Gasteiger partial charge is 0.298 e. The monoisotopic (exact) mass is 261 g/mol. The lowest BCUT2D eigenvalue weighted by Gasteiger charge is -2.09. The molecule has 0 bridgehead atoms. The molecule has 0 saturated carbocycles. The van der Waals surface area contributed by atoms with Crippen LogP contribution in [-0.2, 0) is 0 Å². The van der Waals surface area contributed by atoms with Gasteiger partial charge in [-0.25, -0.2) is 4.98 Å². The SMILES string of the molecule is CC(=O)c1ccc(C#N)cc1-n1cnc2ccccc21. The van der Waals surface area contributed by atoms with Crippen LogP contribution in [0.2, 0.25) is 0 Å². The van der Waals surface area contributed by atoms with Crippen molar-refractivity contribution in [3.63, 3.8) is 0 Å². The maximum Gasteiger partial charge on any atom is 0.161 e. The van der Waals surface area contributed by atoms with Crippen molar-refractivity contribution in [3.8, 4) is 11.8 Å². The molecule has 1 aromatic heterocycles. The van der Waals surface area contributed by atoms with Gasteiger partial charge < -0.3 is 0 Å². The fourth-order valence-electron chi connectivity index (χ4n) is 2.25. The standard InChI is InChI=1S/C16H11N3O/c1-11(20)13-7-6-12(9-17)8-16(13)19-10-18-14-4-2-3-5-15(14)19/h2-8,10H,1H3. The van der Waals surface area contributed by atoms with Crippen molar-refractivity contribution in [1.82, 2.24) is 9.55 Å². The van der Waals surface area contributed by atoms with Crippen LogP contribution in [0.1, 0.15) is 22.8 Å². The zero-order valence-corrected chi connectivity index (χ0v) is 10.9. The Morgan fingerprint density at radius 2 is 2.05 bits per heavy atom. The summed E-state index contributed by atoms with van der Waals surface area (Å²) in [5.74, 6) is -0.0396. The van der Waals surface area contributed by atoms with Crippen LogP contribution >= 0.6 is 0 Å². The Labute approximate surface area is 115 Å². The van der Waals surface area contributed by atoms with Gasteiger partial charge in [0.05, 0.1) is 28.4 Å². The van der Waals surface area contributed by atoms with Crippen LogP contribution < -0.4 is 0 Å². The average molecular weight is 261 g/mol. The maximum absolute atomic E-state index is 11.8. The van der Waals surface area contributed by atoms with Crippen LogP contribution in [0.5, 0.6) is 0 Å². The first-order valence-corrected chi connectivity index (χ1v) is 6.18. The number of fused-ring (bicyclic) bond motifs is 1. The fourth-order valence-corrected chi connectivity index (χ4v) is 2.25. The van der Waals surface area contributed by atoms with Crippen LogP contribution in [-0.4, -0.2) is 15.3 Å². The van der Waals surface area contributed by atoms with Crippen LogP contribution in [0.4, 0.5) is 0 Å². The van der Waals surface area contributed by atoms with Crippen molar-refractivity contribution in [2.24, 2.45) is 0 Å². The minimum absolute atomic E-state index is 0.0396. The topological polar surface area (TPSA) is 58.7 Å². The minimum Gasteiger partial charge on any atom is -0.298 e. The van der Waals surface area contributed by atoms with Crippen molar-refractivity contribution in [1.29, 1.82) is 5.26 Å². The van der Waals surface area contributed by atoms with Crippen molar-refractivity contribution in [3.05, 3.63) is 59.9 Å². The first-order valence-electron chi connectivity index (χ1n) is 6.18. The van der Waals surface area contributed by atoms with E-state index in [2.05, 4.69) is 11.1 Å². The third kappa shape index (κ3) is 1.86. The highest BCUT2D eigenvalue weighted by Crippen LogP contribution is 2.22. The second kappa shape index (κ2) is 4.63. The van der Waals surface area contributed by atoms with Crippen molar-refractivity contribution < 1.29 is 4.79 Å². The second-order valence-corrected chi connectivity index (χ2v) is 4.50. The molecule has 0 amide bonds. The molecule has 0 spiro atoms. The Kier molecular flexibility index (Phi) is 2.81. The molecule has 0 fully saturated rings. The fraction of sp³-hybridized carbons (Fsp3) is 0.0625. The molecule has 4 heteroatoms. The number of nitriles is 1. The lowest BCUT2D eigenvalue weighted by atomic mass is 10.1. The summed E-state index contributed by atoms with van der Waals surface area (Å²) < 4.78 is 1.84. The van der Waals surface area contributed by atoms with E-state index < -0.39 is 0 Å². The predicted molar refractivity (Wildman–Crippen MR) is 75.8 cm³/mol. The number of imidazole rings is 1. The molecule has 0 radical (unpaired) electrons. The highest BCUT2D eigenvalue weighted by atomic mass is 16.1. The molecule has 0 N–H and O–H groups in total. The number of carbonyl (C=O) groups excluding carboxylic acids is 1. The van der Waals surface area contributed by atoms with E-state index in [1.165, 1.54) is 6.92 Å². The molecule has 3 aromatic rings. The van der Waals surface area contributed by atoms with Crippen molar-refractivity contribution in [2.45, 2.75) is 6.92 Å². The number of hydrogen-bond acceptors (Lipinski definition) is 3. The lowest BCUT2D eigenvalue weighted by molar-refractivity contribution is 0.101. The zero-order valence-electron chi connectivity index (χ0n) is 10.9. The van der Waals surface area contributed by atoms with Gasteiger partial charge in [0.25, 0.3) is 0 Å². The van der Waals surface area contributed by atoms with Crippen LogP contribution in [0.25, 0.3) is 16.7 Å². The molecule has 0 atom stereocenters. The lowest BCUT2D eigenvalue weighted by Crippen LogP contribution is -2.03. The van der Waals surface area contributed by atoms with E-state index in [0.717, 1.165) is 11.0 Å². The van der Waals surface area contributed by atoms with Gasteiger partial charge in [0, 0.05) is 5.56 Å². The minimum atomic E-state index is -0.0396. The van der Waals surface area contributed by atoms with Crippen molar-refractivity contribution in [2.75, 3.05) is 0 Å². The molecular weight excluding hydrogens is 250 g/mol. The van der Waals surface area contributed by atoms with Gasteiger partial charge in [0.15, 0.2) is 5.78 Å². The molecule has 3 rings (SSSR count). The first-order chi connectivity index (χ1) is 9.70. The smallest absolute Gasteiger partial charge is 0.161 e. The number of ketones is 1. The van der Waals surface area contributed by atoms with Gasteiger partial charge in [-0.05, 0) is 37.3 Å². The molecule has 0 aliphatic heterocycles. The van der Waals surface area contributed by atoms with E-state index in [0.29, 0.717) is 16.8 Å². The molecule has 0 aliphatic rings. The zero-order chi connectivity index (χ0) is 14.1. The van der Waals surface area contributed by atoms with Crippen LogP contribution in [0, 0.1) is 11.3 Å². The number of benzene rings is 2. The van der Waals surface area contributed by atoms with Crippen LogP contribution in [0.15, 0.2) is 48.8 Å². The molecule has 0 saturated heterocycles. The Morgan fingerprint density at radius 1 is 1.25 bits per heavy atom. The predicted octanol–water partition coefficient (Wildman–Crippen LogP) is 3.10. The summed E-state index contributed by atoms with van der Waals surface area (Å²) in [4.78, 5) is 16.1. The summed E-state index contributed by atoms with van der Waals surface area (Å²) in [6.45, 7) is 1.52.